The van der Waals surface area contributed by atoms with Gasteiger partial charge in [-0.1, -0.05) is 13.8 Å². The summed E-state index contributed by atoms with van der Waals surface area (Å²) in [7, 11) is 0. The molecule has 0 aromatic heterocycles. The lowest BCUT2D eigenvalue weighted by atomic mass is 10.1. The van der Waals surface area contributed by atoms with E-state index in [0.717, 1.165) is 18.3 Å². The zero-order valence-corrected chi connectivity index (χ0v) is 24.1. The molecule has 0 aliphatic rings. The van der Waals surface area contributed by atoms with Crippen molar-refractivity contribution in [3.63, 3.8) is 0 Å². The quantitative estimate of drug-likeness (QED) is 0.0602. The van der Waals surface area contributed by atoms with Gasteiger partial charge in [0.05, 0.1) is 30.4 Å². The highest BCUT2D eigenvalue weighted by Gasteiger charge is 2.21. The van der Waals surface area contributed by atoms with E-state index in [1.54, 1.807) is 52.1 Å². The highest BCUT2D eigenvalue weighted by atomic mass is 127. The molecule has 2 aromatic carbocycles. The minimum atomic E-state index is -1.40. The van der Waals surface area contributed by atoms with Crippen molar-refractivity contribution in [1.29, 1.82) is 0 Å². The second kappa shape index (κ2) is 15.2. The van der Waals surface area contributed by atoms with E-state index in [-0.39, 0.29) is 37.4 Å². The Hall–Kier alpha value is -2.27. The molecule has 1 atom stereocenters. The van der Waals surface area contributed by atoms with E-state index >= 15 is 0 Å². The van der Waals surface area contributed by atoms with Gasteiger partial charge in [0.25, 0.3) is 0 Å². The number of carboxylic acid groups (broad SMARTS) is 1. The number of aliphatic imine (C=N–C) groups is 1. The average molecular weight is 751 g/mol. The summed E-state index contributed by atoms with van der Waals surface area (Å²) in [5.41, 5.74) is -1.23. The molecule has 0 bridgehead atoms. The van der Waals surface area contributed by atoms with E-state index in [0.29, 0.717) is 12.1 Å². The molecule has 13 heteroatoms. The van der Waals surface area contributed by atoms with E-state index in [1.165, 1.54) is 0 Å². The molecule has 0 fully saturated rings. The van der Waals surface area contributed by atoms with Crippen molar-refractivity contribution in [2.24, 2.45) is 10.9 Å². The van der Waals surface area contributed by atoms with Crippen molar-refractivity contribution >= 4 is 69.1 Å². The third kappa shape index (κ3) is 9.52. The van der Waals surface area contributed by atoms with Gasteiger partial charge in [0.15, 0.2) is 0 Å². The number of aliphatic hydroxyl groups excluding tert-OH is 2. The summed E-state index contributed by atoms with van der Waals surface area (Å²) in [6.07, 6.45) is 1.05. The number of nitrogens with zero attached hydrogens (tertiary/aromatic N) is 1. The largest absolute Gasteiger partial charge is 0.506 e. The molecular formula is C24H23F4I2NO6. The lowest BCUT2D eigenvalue weighted by molar-refractivity contribution is -0.137. The molecule has 0 radical (unpaired) electrons. The molecule has 0 heterocycles. The molecule has 0 spiro atoms. The first-order valence-electron chi connectivity index (χ1n) is 10.5. The number of ether oxygens (including phenoxy) is 1. The number of halogens is 6. The molecule has 2 aromatic rings. The highest BCUT2D eigenvalue weighted by Crippen LogP contribution is 2.24. The van der Waals surface area contributed by atoms with Crippen molar-refractivity contribution in [3.8, 4) is 0 Å². The van der Waals surface area contributed by atoms with Crippen LogP contribution in [0.15, 0.2) is 34.8 Å². The molecule has 3 N–H and O–H groups in total. The molecule has 7 nitrogen and oxygen atoms in total. The Kier molecular flexibility index (Phi) is 13.5. The van der Waals surface area contributed by atoms with E-state index < -0.39 is 52.6 Å². The van der Waals surface area contributed by atoms with Gasteiger partial charge in [0, 0.05) is 25.5 Å². The molecule has 0 saturated carbocycles. The first kappa shape index (κ1) is 32.8. The molecule has 0 aliphatic carbocycles. The van der Waals surface area contributed by atoms with E-state index in [1.807, 2.05) is 13.8 Å². The Labute approximate surface area is 237 Å². The lowest BCUT2D eigenvalue weighted by Gasteiger charge is -2.14. The van der Waals surface area contributed by atoms with Gasteiger partial charge in [-0.05, 0) is 70.2 Å². The third-order valence-corrected chi connectivity index (χ3v) is 6.26. The fraction of sp³-hybridized carbons (Fsp3) is 0.292. The number of rotatable bonds is 8. The zero-order chi connectivity index (χ0) is 28.4. The summed E-state index contributed by atoms with van der Waals surface area (Å²) in [6, 6.07) is 2.71. The van der Waals surface area contributed by atoms with Crippen molar-refractivity contribution in [2.45, 2.75) is 26.8 Å². The van der Waals surface area contributed by atoms with E-state index in [9.17, 15) is 37.4 Å². The predicted octanol–water partition coefficient (Wildman–Crippen LogP) is 5.76. The van der Waals surface area contributed by atoms with Gasteiger partial charge in [0.2, 0.25) is 0 Å². The summed E-state index contributed by atoms with van der Waals surface area (Å²) < 4.78 is 57.7. The maximum Gasteiger partial charge on any atom is 0.343 e. The van der Waals surface area contributed by atoms with Crippen LogP contribution in [0.1, 0.15) is 36.7 Å². The van der Waals surface area contributed by atoms with Gasteiger partial charge in [-0.2, -0.15) is 0 Å². The van der Waals surface area contributed by atoms with Gasteiger partial charge in [-0.15, -0.1) is 0 Å². The van der Waals surface area contributed by atoms with Crippen molar-refractivity contribution < 1.29 is 47.2 Å². The van der Waals surface area contributed by atoms with Gasteiger partial charge >= 0.3 is 11.9 Å². The molecular weight excluding hydrogens is 728 g/mol. The Morgan fingerprint density at radius 3 is 1.86 bits per heavy atom. The maximum atomic E-state index is 14.0. The Morgan fingerprint density at radius 1 is 0.946 bits per heavy atom. The summed E-state index contributed by atoms with van der Waals surface area (Å²) in [6.45, 7) is 5.02. The van der Waals surface area contributed by atoms with Crippen LogP contribution in [0.25, 0.3) is 5.76 Å². The van der Waals surface area contributed by atoms with Crippen molar-refractivity contribution in [2.75, 3.05) is 13.2 Å². The SMILES string of the molecule is CCOC(=O)C(C=NC(CO)C(C)C)=C(O)c1cc(I)c(F)cc1F.O=C(O)c1cc(I)c(F)cc1F. The van der Waals surface area contributed by atoms with Crippen molar-refractivity contribution in [3.05, 3.63) is 71.4 Å². The van der Waals surface area contributed by atoms with Crippen LogP contribution in [0.3, 0.4) is 0 Å². The number of carbonyl (C=O) groups is 2. The molecule has 202 valence electrons. The minimum Gasteiger partial charge on any atom is -0.506 e. The Balaban J connectivity index is 0.000000474. The first-order valence-corrected chi connectivity index (χ1v) is 12.7. The number of esters is 1. The number of carbonyl (C=O) groups excluding carboxylic acids is 1. The maximum absolute atomic E-state index is 14.0. The van der Waals surface area contributed by atoms with Crippen LogP contribution >= 0.6 is 45.2 Å². The molecule has 2 rings (SSSR count). The number of benzene rings is 2. The van der Waals surface area contributed by atoms with Crippen LogP contribution in [0.4, 0.5) is 17.6 Å². The van der Waals surface area contributed by atoms with E-state index in [4.69, 9.17) is 9.84 Å². The minimum absolute atomic E-state index is 0.0182. The highest BCUT2D eigenvalue weighted by molar-refractivity contribution is 14.1. The zero-order valence-electron chi connectivity index (χ0n) is 19.7. The number of hydrogen-bond acceptors (Lipinski definition) is 6. The summed E-state index contributed by atoms with van der Waals surface area (Å²) in [5, 5.41) is 28.1. The van der Waals surface area contributed by atoms with Crippen LogP contribution in [0.2, 0.25) is 0 Å². The van der Waals surface area contributed by atoms with Gasteiger partial charge in [-0.3, -0.25) is 4.99 Å². The number of carboxylic acids is 1. The van der Waals surface area contributed by atoms with Gasteiger partial charge in [-0.25, -0.2) is 27.2 Å². The standard InChI is InChI=1S/C17H20F2INO4.C7H3F2IO2/c1-4-25-17(24)11(7-21-15(8-22)9(2)3)16(23)10-5-14(20)13(19)6-12(10)18;8-4-2-5(9)6(10)1-3(4)7(11)12/h5-7,9,15,22-23H,4,8H2,1-3H3;1-2H,(H,11,12). The fourth-order valence-corrected chi connectivity index (χ4v) is 3.49. The molecule has 0 amide bonds. The summed E-state index contributed by atoms with van der Waals surface area (Å²) in [5.74, 6) is -6.63. The molecule has 37 heavy (non-hydrogen) atoms. The molecule has 1 unspecified atom stereocenters. The fourth-order valence-electron chi connectivity index (χ4n) is 2.56. The topological polar surface area (TPSA) is 116 Å². The second-order valence-electron chi connectivity index (χ2n) is 7.55. The Bertz CT molecular complexity index is 1200. The Morgan fingerprint density at radius 2 is 1.43 bits per heavy atom. The van der Waals surface area contributed by atoms with Gasteiger partial charge in [0.1, 0.15) is 34.6 Å². The van der Waals surface area contributed by atoms with Crippen molar-refractivity contribution in [1.82, 2.24) is 0 Å². The predicted molar refractivity (Wildman–Crippen MR) is 145 cm³/mol. The molecule has 0 saturated heterocycles. The second-order valence-corrected chi connectivity index (χ2v) is 9.88. The van der Waals surface area contributed by atoms with Crippen LogP contribution in [0, 0.1) is 36.3 Å². The van der Waals surface area contributed by atoms with Crippen LogP contribution in [-0.4, -0.2) is 52.7 Å². The average Bonchev–Trinajstić information content (AvgIpc) is 2.81. The lowest BCUT2D eigenvalue weighted by Crippen LogP contribution is -2.19. The number of hydrogen-bond donors (Lipinski definition) is 3. The number of aliphatic hydroxyl groups is 2. The van der Waals surface area contributed by atoms with E-state index in [2.05, 4.69) is 4.99 Å². The monoisotopic (exact) mass is 751 g/mol. The third-order valence-electron chi connectivity index (χ3n) is 4.61. The van der Waals surface area contributed by atoms with Crippen LogP contribution < -0.4 is 0 Å². The van der Waals surface area contributed by atoms with Crippen LogP contribution in [-0.2, 0) is 9.53 Å². The summed E-state index contributed by atoms with van der Waals surface area (Å²) >= 11 is 3.24. The summed E-state index contributed by atoms with van der Waals surface area (Å²) in [4.78, 5) is 26.5. The normalized spacial score (nSPS) is 12.6. The van der Waals surface area contributed by atoms with Gasteiger partial charge < -0.3 is 20.1 Å². The number of aromatic carboxylic acids is 1. The van der Waals surface area contributed by atoms with Crippen LogP contribution in [0.5, 0.6) is 0 Å². The smallest absolute Gasteiger partial charge is 0.343 e. The first-order chi connectivity index (χ1) is 17.2. The molecule has 0 aliphatic heterocycles.